The van der Waals surface area contributed by atoms with E-state index in [9.17, 15) is 14.4 Å². The monoisotopic (exact) mass is 300 g/mol. The molecule has 21 heavy (non-hydrogen) atoms. The molecular weight excluding hydrogens is 276 g/mol. The Morgan fingerprint density at radius 1 is 1.10 bits per heavy atom. The van der Waals surface area contributed by atoms with Crippen molar-refractivity contribution in [2.75, 3.05) is 6.54 Å². The van der Waals surface area contributed by atoms with Crippen LogP contribution < -0.4 is 5.32 Å². The van der Waals surface area contributed by atoms with Crippen molar-refractivity contribution in [3.8, 4) is 0 Å². The van der Waals surface area contributed by atoms with Crippen molar-refractivity contribution in [3.63, 3.8) is 0 Å². The summed E-state index contributed by atoms with van der Waals surface area (Å²) in [4.78, 5) is 36.6. The molecule has 0 bridgehead atoms. The fraction of sp³-hybridized carbons (Fsp3) is 0.786. The molecular formula is C14H24N2O5. The number of nitrogens with one attached hydrogen (secondary N) is 1. The Bertz CT molecular complexity index is 434. The van der Waals surface area contributed by atoms with E-state index < -0.39 is 35.3 Å². The van der Waals surface area contributed by atoms with Gasteiger partial charge >= 0.3 is 12.2 Å². The maximum atomic E-state index is 12.1. The van der Waals surface area contributed by atoms with Gasteiger partial charge < -0.3 is 14.8 Å². The van der Waals surface area contributed by atoms with Crippen LogP contribution in [0.25, 0.3) is 0 Å². The van der Waals surface area contributed by atoms with E-state index in [0.29, 0.717) is 6.42 Å². The molecule has 0 radical (unpaired) electrons. The zero-order chi connectivity index (χ0) is 16.4. The van der Waals surface area contributed by atoms with Gasteiger partial charge in [-0.05, 0) is 48.0 Å². The van der Waals surface area contributed by atoms with Gasteiger partial charge in [-0.2, -0.15) is 0 Å². The fourth-order valence-corrected chi connectivity index (χ4v) is 1.76. The van der Waals surface area contributed by atoms with Crippen LogP contribution in [0.5, 0.6) is 0 Å². The Morgan fingerprint density at radius 3 is 2.10 bits per heavy atom. The highest BCUT2D eigenvalue weighted by atomic mass is 16.6. The molecule has 0 aromatic rings. The van der Waals surface area contributed by atoms with Gasteiger partial charge in [0, 0.05) is 6.54 Å². The Morgan fingerprint density at radius 2 is 1.62 bits per heavy atom. The van der Waals surface area contributed by atoms with Crippen LogP contribution in [0.3, 0.4) is 0 Å². The van der Waals surface area contributed by atoms with Crippen LogP contribution in [0.15, 0.2) is 0 Å². The molecule has 1 fully saturated rings. The molecule has 1 atom stereocenters. The molecule has 3 amide bonds. The Hall–Kier alpha value is -1.79. The van der Waals surface area contributed by atoms with Crippen molar-refractivity contribution >= 4 is 18.1 Å². The van der Waals surface area contributed by atoms with E-state index in [0.717, 1.165) is 4.90 Å². The summed E-state index contributed by atoms with van der Waals surface area (Å²) in [5.41, 5.74) is -1.31. The maximum absolute atomic E-state index is 12.1. The molecule has 1 N–H and O–H groups in total. The first-order chi connectivity index (χ1) is 9.39. The van der Waals surface area contributed by atoms with Crippen molar-refractivity contribution in [3.05, 3.63) is 0 Å². The molecule has 0 saturated carbocycles. The van der Waals surface area contributed by atoms with Gasteiger partial charge in [0.25, 0.3) is 5.91 Å². The van der Waals surface area contributed by atoms with Crippen molar-refractivity contribution < 1.29 is 23.9 Å². The first kappa shape index (κ1) is 17.3. The van der Waals surface area contributed by atoms with E-state index in [4.69, 9.17) is 9.47 Å². The second-order valence-electron chi connectivity index (χ2n) is 6.96. The van der Waals surface area contributed by atoms with E-state index in [2.05, 4.69) is 5.32 Å². The summed E-state index contributed by atoms with van der Waals surface area (Å²) in [6.07, 6.45) is -1.02. The minimum atomic E-state index is -0.757. The number of amides is 3. The number of imide groups is 1. The lowest BCUT2D eigenvalue weighted by Crippen LogP contribution is -2.45. The van der Waals surface area contributed by atoms with Crippen molar-refractivity contribution in [2.24, 2.45) is 0 Å². The summed E-state index contributed by atoms with van der Waals surface area (Å²) >= 11 is 0. The molecule has 1 heterocycles. The Kier molecular flexibility index (Phi) is 4.86. The lowest BCUT2D eigenvalue weighted by atomic mass is 10.2. The molecule has 120 valence electrons. The molecule has 7 nitrogen and oxygen atoms in total. The molecule has 1 saturated heterocycles. The van der Waals surface area contributed by atoms with Crippen molar-refractivity contribution in [2.45, 2.75) is 65.2 Å². The van der Waals surface area contributed by atoms with Crippen LogP contribution in [-0.4, -0.2) is 46.8 Å². The molecule has 7 heteroatoms. The van der Waals surface area contributed by atoms with E-state index >= 15 is 0 Å². The predicted octanol–water partition coefficient (Wildman–Crippen LogP) is 2.05. The van der Waals surface area contributed by atoms with Gasteiger partial charge in [-0.3, -0.25) is 4.79 Å². The summed E-state index contributed by atoms with van der Waals surface area (Å²) < 4.78 is 10.2. The first-order valence-corrected chi connectivity index (χ1v) is 6.93. The van der Waals surface area contributed by atoms with Gasteiger partial charge in [0.05, 0.1) is 0 Å². The number of alkyl carbamates (subject to hydrolysis) is 1. The number of hydrogen-bond donors (Lipinski definition) is 1. The highest BCUT2D eigenvalue weighted by Gasteiger charge is 2.39. The Labute approximate surface area is 124 Å². The zero-order valence-electron chi connectivity index (χ0n) is 13.5. The molecule has 1 aliphatic rings. The van der Waals surface area contributed by atoms with E-state index in [-0.39, 0.29) is 6.54 Å². The van der Waals surface area contributed by atoms with E-state index in [1.54, 1.807) is 41.5 Å². The third-order valence-corrected chi connectivity index (χ3v) is 2.51. The number of carbonyl (C=O) groups excluding carboxylic acids is 3. The van der Waals surface area contributed by atoms with Crippen LogP contribution in [-0.2, 0) is 14.3 Å². The average molecular weight is 300 g/mol. The molecule has 0 spiro atoms. The second-order valence-corrected chi connectivity index (χ2v) is 6.96. The zero-order valence-corrected chi connectivity index (χ0v) is 13.5. The summed E-state index contributed by atoms with van der Waals surface area (Å²) in [6.45, 7) is 10.6. The lowest BCUT2D eigenvalue weighted by molar-refractivity contribution is -0.128. The van der Waals surface area contributed by atoms with Gasteiger partial charge in [-0.15, -0.1) is 0 Å². The van der Waals surface area contributed by atoms with Crippen LogP contribution in [0.2, 0.25) is 0 Å². The molecule has 0 aliphatic carbocycles. The first-order valence-electron chi connectivity index (χ1n) is 6.93. The number of carbonyl (C=O) groups is 3. The smallest absolute Gasteiger partial charge is 0.417 e. The fourth-order valence-electron chi connectivity index (χ4n) is 1.76. The van der Waals surface area contributed by atoms with E-state index in [1.165, 1.54) is 0 Å². The van der Waals surface area contributed by atoms with Crippen molar-refractivity contribution in [1.82, 2.24) is 10.2 Å². The van der Waals surface area contributed by atoms with Gasteiger partial charge in [-0.25, -0.2) is 14.5 Å². The van der Waals surface area contributed by atoms with Crippen LogP contribution in [0.1, 0.15) is 48.0 Å². The normalized spacial score (nSPS) is 19.4. The molecule has 1 unspecified atom stereocenters. The maximum Gasteiger partial charge on any atom is 0.417 e. The summed E-state index contributed by atoms with van der Waals surface area (Å²) in [6, 6.07) is -0.757. The van der Waals surface area contributed by atoms with Crippen LogP contribution >= 0.6 is 0 Å². The van der Waals surface area contributed by atoms with Crippen LogP contribution in [0, 0.1) is 0 Å². The molecule has 1 aliphatic heterocycles. The Balaban J connectivity index is 2.58. The summed E-state index contributed by atoms with van der Waals surface area (Å²) in [5.74, 6) is -0.477. The van der Waals surface area contributed by atoms with Gasteiger partial charge in [0.15, 0.2) is 0 Å². The molecule has 1 rings (SSSR count). The largest absolute Gasteiger partial charge is 0.444 e. The number of likely N-dealkylation sites (tertiary alicyclic amines) is 1. The van der Waals surface area contributed by atoms with Gasteiger partial charge in [-0.1, -0.05) is 0 Å². The third kappa shape index (κ3) is 5.61. The highest BCUT2D eigenvalue weighted by Crippen LogP contribution is 2.17. The number of ether oxygens (including phenoxy) is 2. The molecule has 0 aromatic carbocycles. The van der Waals surface area contributed by atoms with Gasteiger partial charge in [0.2, 0.25) is 0 Å². The average Bonchev–Trinajstić information content (AvgIpc) is 2.55. The highest BCUT2D eigenvalue weighted by molar-refractivity contribution is 5.98. The molecule has 0 aromatic heterocycles. The quantitative estimate of drug-likeness (QED) is 0.801. The van der Waals surface area contributed by atoms with Crippen LogP contribution in [0.4, 0.5) is 9.59 Å². The minimum absolute atomic E-state index is 0.216. The standard InChI is InChI=1S/C14H24N2O5/c1-13(2,3)20-11(18)15-9-7-8-16(10(9)17)12(19)21-14(4,5)6/h9H,7-8H2,1-6H3,(H,15,18). The minimum Gasteiger partial charge on any atom is -0.444 e. The van der Waals surface area contributed by atoms with Crippen molar-refractivity contribution in [1.29, 1.82) is 0 Å². The predicted molar refractivity (Wildman–Crippen MR) is 75.7 cm³/mol. The van der Waals surface area contributed by atoms with Gasteiger partial charge in [0.1, 0.15) is 17.2 Å². The summed E-state index contributed by atoms with van der Waals surface area (Å²) in [5, 5.41) is 2.47. The third-order valence-electron chi connectivity index (χ3n) is 2.51. The number of hydrogen-bond acceptors (Lipinski definition) is 5. The second kappa shape index (κ2) is 5.91. The SMILES string of the molecule is CC(C)(C)OC(=O)NC1CCN(C(=O)OC(C)(C)C)C1=O. The topological polar surface area (TPSA) is 84.9 Å². The summed E-state index contributed by atoms with van der Waals surface area (Å²) in [7, 11) is 0. The van der Waals surface area contributed by atoms with E-state index in [1.807, 2.05) is 0 Å². The number of nitrogens with zero attached hydrogens (tertiary/aromatic N) is 1. The lowest BCUT2D eigenvalue weighted by Gasteiger charge is -2.24. The number of rotatable bonds is 1.